The Morgan fingerprint density at radius 1 is 1.62 bits per heavy atom. The first-order valence-corrected chi connectivity index (χ1v) is 6.13. The van der Waals surface area contributed by atoms with Gasteiger partial charge in [0.25, 0.3) is 0 Å². The number of hydrogen-bond donors (Lipinski definition) is 1. The lowest BCUT2D eigenvalue weighted by molar-refractivity contribution is -0.167. The van der Waals surface area contributed by atoms with Crippen LogP contribution in [0.2, 0.25) is 0 Å². The smallest absolute Gasteiger partial charge is 0.314 e. The fourth-order valence-electron chi connectivity index (χ4n) is 2.49. The van der Waals surface area contributed by atoms with Crippen molar-refractivity contribution in [2.75, 3.05) is 6.61 Å². The van der Waals surface area contributed by atoms with Gasteiger partial charge in [0.2, 0.25) is 0 Å². The van der Waals surface area contributed by atoms with E-state index in [4.69, 9.17) is 4.74 Å². The third-order valence-corrected chi connectivity index (χ3v) is 3.46. The van der Waals surface area contributed by atoms with Gasteiger partial charge in [0.05, 0.1) is 18.1 Å². The van der Waals surface area contributed by atoms with E-state index >= 15 is 0 Å². The molecule has 0 aliphatic heterocycles. The maximum atomic E-state index is 12.0. The number of carbonyl (C=O) groups excluding carboxylic acids is 1. The molecule has 92 valence electrons. The molecule has 0 aromatic rings. The number of ether oxygens (including phenoxy) is 1. The average molecular weight is 226 g/mol. The molecule has 1 saturated carbocycles. The molecule has 3 nitrogen and oxygen atoms in total. The predicted octanol–water partition coefficient (Wildman–Crippen LogP) is 2.44. The number of rotatable bonds is 5. The van der Waals surface area contributed by atoms with Crippen LogP contribution < -0.4 is 0 Å². The molecule has 0 amide bonds. The maximum absolute atomic E-state index is 12.0. The van der Waals surface area contributed by atoms with Crippen molar-refractivity contribution < 1.29 is 14.6 Å². The Hall–Kier alpha value is -0.830. The van der Waals surface area contributed by atoms with Gasteiger partial charge in [0.1, 0.15) is 0 Å². The third kappa shape index (κ3) is 2.64. The van der Waals surface area contributed by atoms with E-state index in [1.807, 2.05) is 0 Å². The second-order valence-corrected chi connectivity index (χ2v) is 4.47. The van der Waals surface area contributed by atoms with Crippen LogP contribution in [0.25, 0.3) is 0 Å². The molecule has 0 spiro atoms. The highest BCUT2D eigenvalue weighted by Gasteiger charge is 2.46. The number of carbonyl (C=O) groups is 1. The quantitative estimate of drug-likeness (QED) is 0.578. The van der Waals surface area contributed by atoms with Crippen molar-refractivity contribution >= 4 is 5.97 Å². The summed E-state index contributed by atoms with van der Waals surface area (Å²) in [6.07, 6.45) is 6.06. The number of allylic oxidation sites excluding steroid dienone is 1. The summed E-state index contributed by atoms with van der Waals surface area (Å²) in [4.78, 5) is 12.0. The molecule has 1 fully saturated rings. The Labute approximate surface area is 97.5 Å². The number of hydrogen-bond acceptors (Lipinski definition) is 3. The Morgan fingerprint density at radius 2 is 2.38 bits per heavy atom. The Bertz CT molecular complexity index is 250. The summed E-state index contributed by atoms with van der Waals surface area (Å²) in [6.45, 7) is 5.85. The molecule has 0 aromatic carbocycles. The first-order valence-electron chi connectivity index (χ1n) is 6.13. The van der Waals surface area contributed by atoms with E-state index in [0.717, 1.165) is 25.7 Å². The molecule has 1 rings (SSSR count). The van der Waals surface area contributed by atoms with Gasteiger partial charge in [-0.05, 0) is 32.6 Å². The van der Waals surface area contributed by atoms with Crippen LogP contribution >= 0.6 is 0 Å². The van der Waals surface area contributed by atoms with E-state index in [9.17, 15) is 9.90 Å². The van der Waals surface area contributed by atoms with Gasteiger partial charge in [-0.1, -0.05) is 18.9 Å². The van der Waals surface area contributed by atoms with Crippen molar-refractivity contribution in [3.05, 3.63) is 12.7 Å². The van der Waals surface area contributed by atoms with E-state index in [-0.39, 0.29) is 5.97 Å². The highest BCUT2D eigenvalue weighted by molar-refractivity contribution is 5.77. The standard InChI is InChI=1S/C13H22O3/c1-3-5-9-13(12(15)16-4-2)10-7-6-8-11(13)14/h3,11,14H,1,4-10H2,2H3/t11-,13+/m0/s1. The van der Waals surface area contributed by atoms with Gasteiger partial charge < -0.3 is 9.84 Å². The van der Waals surface area contributed by atoms with Gasteiger partial charge in [-0.15, -0.1) is 6.58 Å². The topological polar surface area (TPSA) is 46.5 Å². The van der Waals surface area contributed by atoms with E-state index < -0.39 is 11.5 Å². The van der Waals surface area contributed by atoms with E-state index in [1.54, 1.807) is 13.0 Å². The van der Waals surface area contributed by atoms with Crippen LogP contribution in [-0.4, -0.2) is 23.8 Å². The van der Waals surface area contributed by atoms with Crippen LogP contribution in [0.5, 0.6) is 0 Å². The first kappa shape index (κ1) is 13.2. The van der Waals surface area contributed by atoms with Crippen LogP contribution in [0.3, 0.4) is 0 Å². The molecular weight excluding hydrogens is 204 g/mol. The molecule has 0 bridgehead atoms. The van der Waals surface area contributed by atoms with Crippen molar-refractivity contribution in [1.82, 2.24) is 0 Å². The maximum Gasteiger partial charge on any atom is 0.314 e. The lowest BCUT2D eigenvalue weighted by Crippen LogP contribution is -2.45. The lowest BCUT2D eigenvalue weighted by Gasteiger charge is -2.39. The van der Waals surface area contributed by atoms with Crippen LogP contribution in [0, 0.1) is 5.41 Å². The zero-order chi connectivity index (χ0) is 12.0. The average Bonchev–Trinajstić information content (AvgIpc) is 2.28. The van der Waals surface area contributed by atoms with E-state index in [1.165, 1.54) is 0 Å². The van der Waals surface area contributed by atoms with Gasteiger partial charge >= 0.3 is 5.97 Å². The molecular formula is C13H22O3. The first-order chi connectivity index (χ1) is 7.67. The van der Waals surface area contributed by atoms with Crippen molar-refractivity contribution in [2.45, 2.75) is 51.6 Å². The summed E-state index contributed by atoms with van der Waals surface area (Å²) in [7, 11) is 0. The van der Waals surface area contributed by atoms with Crippen molar-refractivity contribution in [3.8, 4) is 0 Å². The second kappa shape index (κ2) is 6.04. The summed E-state index contributed by atoms with van der Waals surface area (Å²) in [5.41, 5.74) is -0.678. The summed E-state index contributed by atoms with van der Waals surface area (Å²) in [5.74, 6) is -0.232. The molecule has 0 radical (unpaired) electrons. The third-order valence-electron chi connectivity index (χ3n) is 3.46. The van der Waals surface area contributed by atoms with E-state index in [0.29, 0.717) is 19.4 Å². The van der Waals surface area contributed by atoms with Crippen molar-refractivity contribution in [1.29, 1.82) is 0 Å². The molecule has 0 aromatic heterocycles. The summed E-state index contributed by atoms with van der Waals surface area (Å²) >= 11 is 0. The van der Waals surface area contributed by atoms with Gasteiger partial charge in [-0.2, -0.15) is 0 Å². The highest BCUT2D eigenvalue weighted by atomic mass is 16.5. The summed E-state index contributed by atoms with van der Waals surface area (Å²) < 4.78 is 5.12. The Morgan fingerprint density at radius 3 is 2.94 bits per heavy atom. The van der Waals surface area contributed by atoms with Gasteiger partial charge in [-0.3, -0.25) is 4.79 Å². The zero-order valence-corrected chi connectivity index (χ0v) is 10.1. The monoisotopic (exact) mass is 226 g/mol. The molecule has 0 heterocycles. The normalized spacial score (nSPS) is 29.8. The van der Waals surface area contributed by atoms with Gasteiger partial charge in [-0.25, -0.2) is 0 Å². The molecule has 3 heteroatoms. The SMILES string of the molecule is C=CCC[C@@]1(C(=O)OCC)CCCC[C@@H]1O. The lowest BCUT2D eigenvalue weighted by atomic mass is 9.69. The van der Waals surface area contributed by atoms with Crippen LogP contribution in [0.1, 0.15) is 45.4 Å². The van der Waals surface area contributed by atoms with Crippen molar-refractivity contribution in [2.24, 2.45) is 5.41 Å². The minimum atomic E-state index is -0.678. The zero-order valence-electron chi connectivity index (χ0n) is 10.1. The molecule has 1 N–H and O–H groups in total. The fourth-order valence-corrected chi connectivity index (χ4v) is 2.49. The largest absolute Gasteiger partial charge is 0.465 e. The fraction of sp³-hybridized carbons (Fsp3) is 0.769. The predicted molar refractivity (Wildman–Crippen MR) is 63.0 cm³/mol. The number of aliphatic hydroxyl groups is 1. The van der Waals surface area contributed by atoms with Crippen LogP contribution in [0.4, 0.5) is 0 Å². The number of esters is 1. The molecule has 0 unspecified atom stereocenters. The van der Waals surface area contributed by atoms with Gasteiger partial charge in [0.15, 0.2) is 0 Å². The van der Waals surface area contributed by atoms with Gasteiger partial charge in [0, 0.05) is 0 Å². The summed E-state index contributed by atoms with van der Waals surface area (Å²) in [6, 6.07) is 0. The molecule has 2 atom stereocenters. The molecule has 0 saturated heterocycles. The summed E-state index contributed by atoms with van der Waals surface area (Å²) in [5, 5.41) is 10.1. The van der Waals surface area contributed by atoms with Crippen molar-refractivity contribution in [3.63, 3.8) is 0 Å². The molecule has 1 aliphatic carbocycles. The van der Waals surface area contributed by atoms with Crippen LogP contribution in [-0.2, 0) is 9.53 Å². The molecule has 16 heavy (non-hydrogen) atoms. The van der Waals surface area contributed by atoms with Crippen LogP contribution in [0.15, 0.2) is 12.7 Å². The Balaban J connectivity index is 2.80. The van der Waals surface area contributed by atoms with E-state index in [2.05, 4.69) is 6.58 Å². The minimum Gasteiger partial charge on any atom is -0.465 e. The Kier molecular flexibility index (Phi) is 5.00. The second-order valence-electron chi connectivity index (χ2n) is 4.47. The molecule has 1 aliphatic rings. The number of aliphatic hydroxyl groups excluding tert-OH is 1. The minimum absolute atomic E-state index is 0.232. The highest BCUT2D eigenvalue weighted by Crippen LogP contribution is 2.41.